The summed E-state index contributed by atoms with van der Waals surface area (Å²) < 4.78 is 31.9. The van der Waals surface area contributed by atoms with Gasteiger partial charge in [-0.2, -0.15) is 0 Å². The Morgan fingerprint density at radius 2 is 1.77 bits per heavy atom. The Kier molecular flexibility index (Phi) is 5.42. The average Bonchev–Trinajstić information content (AvgIpc) is 2.48. The lowest BCUT2D eigenvalue weighted by atomic mass is 10.2. The van der Waals surface area contributed by atoms with Gasteiger partial charge < -0.3 is 10.1 Å². The lowest BCUT2D eigenvalue weighted by Crippen LogP contribution is -2.21. The van der Waals surface area contributed by atoms with Crippen LogP contribution in [0.5, 0.6) is 0 Å². The van der Waals surface area contributed by atoms with Crippen LogP contribution in [-0.4, -0.2) is 18.5 Å². The maximum absolute atomic E-state index is 13.3. The molecule has 2 rings (SSSR count). The van der Waals surface area contributed by atoms with Crippen molar-refractivity contribution in [2.45, 2.75) is 0 Å². The topological polar surface area (TPSA) is 55.4 Å². The zero-order valence-electron chi connectivity index (χ0n) is 11.1. The standard InChI is InChI=1S/C15H10F2INO3/c16-10-3-6-13(12(17)7-10)19-14(20)8-22-15(21)9-1-4-11(18)5-2-9/h1-7H,8H2,(H,19,20). The second-order valence-electron chi connectivity index (χ2n) is 4.26. The summed E-state index contributed by atoms with van der Waals surface area (Å²) in [7, 11) is 0. The van der Waals surface area contributed by atoms with Crippen molar-refractivity contribution in [1.82, 2.24) is 0 Å². The summed E-state index contributed by atoms with van der Waals surface area (Å²) in [6, 6.07) is 9.34. The number of benzene rings is 2. The number of nitrogens with one attached hydrogen (secondary N) is 1. The van der Waals surface area contributed by atoms with Crippen LogP contribution >= 0.6 is 22.6 Å². The van der Waals surface area contributed by atoms with Crippen molar-refractivity contribution >= 4 is 40.2 Å². The first-order chi connectivity index (χ1) is 10.5. The van der Waals surface area contributed by atoms with Crippen molar-refractivity contribution in [2.75, 3.05) is 11.9 Å². The van der Waals surface area contributed by atoms with Crippen LogP contribution in [0, 0.1) is 15.2 Å². The van der Waals surface area contributed by atoms with Gasteiger partial charge in [0.15, 0.2) is 6.61 Å². The number of amides is 1. The molecule has 0 atom stereocenters. The minimum atomic E-state index is -0.905. The summed E-state index contributed by atoms with van der Waals surface area (Å²) in [5.74, 6) is -3.03. The van der Waals surface area contributed by atoms with E-state index in [1.807, 2.05) is 0 Å². The molecule has 0 aliphatic rings. The Hall–Kier alpha value is -2.03. The summed E-state index contributed by atoms with van der Waals surface area (Å²) in [6.07, 6.45) is 0. The van der Waals surface area contributed by atoms with E-state index in [-0.39, 0.29) is 5.69 Å². The van der Waals surface area contributed by atoms with E-state index in [4.69, 9.17) is 4.74 Å². The van der Waals surface area contributed by atoms with Crippen LogP contribution in [0.3, 0.4) is 0 Å². The van der Waals surface area contributed by atoms with E-state index in [0.29, 0.717) is 11.6 Å². The Labute approximate surface area is 138 Å². The van der Waals surface area contributed by atoms with Gasteiger partial charge in [0, 0.05) is 9.64 Å². The van der Waals surface area contributed by atoms with Crippen molar-refractivity contribution < 1.29 is 23.1 Å². The quantitative estimate of drug-likeness (QED) is 0.614. The summed E-state index contributed by atoms with van der Waals surface area (Å²) >= 11 is 2.09. The maximum atomic E-state index is 13.3. The van der Waals surface area contributed by atoms with E-state index >= 15 is 0 Å². The SMILES string of the molecule is O=C(COC(=O)c1ccc(I)cc1)Nc1ccc(F)cc1F. The zero-order chi connectivity index (χ0) is 16.1. The molecule has 0 aliphatic heterocycles. The van der Waals surface area contributed by atoms with E-state index in [9.17, 15) is 18.4 Å². The number of carbonyl (C=O) groups is 2. The first-order valence-electron chi connectivity index (χ1n) is 6.13. The van der Waals surface area contributed by atoms with Gasteiger partial charge in [-0.3, -0.25) is 4.79 Å². The summed E-state index contributed by atoms with van der Waals surface area (Å²) in [5.41, 5.74) is 0.123. The molecular weight excluding hydrogens is 407 g/mol. The Morgan fingerprint density at radius 3 is 2.41 bits per heavy atom. The molecule has 0 spiro atoms. The summed E-state index contributed by atoms with van der Waals surface area (Å²) in [6.45, 7) is -0.568. The van der Waals surface area contributed by atoms with Crippen molar-refractivity contribution in [3.05, 3.63) is 63.2 Å². The molecule has 0 aromatic heterocycles. The second-order valence-corrected chi connectivity index (χ2v) is 5.50. The van der Waals surface area contributed by atoms with Gasteiger partial charge in [0.2, 0.25) is 0 Å². The number of esters is 1. The third-order valence-electron chi connectivity index (χ3n) is 2.62. The monoisotopic (exact) mass is 417 g/mol. The highest BCUT2D eigenvalue weighted by atomic mass is 127. The number of anilines is 1. The van der Waals surface area contributed by atoms with Gasteiger partial charge in [0.25, 0.3) is 5.91 Å². The molecule has 0 unspecified atom stereocenters. The van der Waals surface area contributed by atoms with Crippen molar-refractivity contribution in [3.8, 4) is 0 Å². The van der Waals surface area contributed by atoms with E-state index < -0.39 is 30.1 Å². The molecule has 0 saturated heterocycles. The lowest BCUT2D eigenvalue weighted by Gasteiger charge is -2.07. The molecule has 0 saturated carbocycles. The van der Waals surface area contributed by atoms with E-state index in [1.54, 1.807) is 24.3 Å². The van der Waals surface area contributed by atoms with Gasteiger partial charge in [-0.15, -0.1) is 0 Å². The lowest BCUT2D eigenvalue weighted by molar-refractivity contribution is -0.119. The molecule has 1 N–H and O–H groups in total. The van der Waals surface area contributed by atoms with Crippen LogP contribution in [0.2, 0.25) is 0 Å². The van der Waals surface area contributed by atoms with E-state index in [2.05, 4.69) is 27.9 Å². The van der Waals surface area contributed by atoms with E-state index in [0.717, 1.165) is 15.7 Å². The van der Waals surface area contributed by atoms with Crippen LogP contribution in [0.25, 0.3) is 0 Å². The summed E-state index contributed by atoms with van der Waals surface area (Å²) in [5, 5.41) is 2.19. The van der Waals surface area contributed by atoms with Gasteiger partial charge >= 0.3 is 5.97 Å². The number of halogens is 3. The Balaban J connectivity index is 1.89. The predicted octanol–water partition coefficient (Wildman–Crippen LogP) is 3.36. The molecule has 0 bridgehead atoms. The predicted molar refractivity (Wildman–Crippen MR) is 84.4 cm³/mol. The Morgan fingerprint density at radius 1 is 1.09 bits per heavy atom. The normalized spacial score (nSPS) is 10.1. The molecule has 114 valence electrons. The van der Waals surface area contributed by atoms with Crippen molar-refractivity contribution in [1.29, 1.82) is 0 Å². The molecule has 1 amide bonds. The molecule has 7 heteroatoms. The van der Waals surface area contributed by atoms with Gasteiger partial charge in [-0.25, -0.2) is 13.6 Å². The molecule has 2 aromatic rings. The van der Waals surface area contributed by atoms with Gasteiger partial charge in [0.05, 0.1) is 11.3 Å². The molecule has 22 heavy (non-hydrogen) atoms. The van der Waals surface area contributed by atoms with Crippen LogP contribution < -0.4 is 5.32 Å². The first kappa shape index (κ1) is 16.3. The summed E-state index contributed by atoms with van der Waals surface area (Å²) in [4.78, 5) is 23.3. The van der Waals surface area contributed by atoms with Crippen LogP contribution in [0.4, 0.5) is 14.5 Å². The molecule has 2 aromatic carbocycles. The fourth-order valence-electron chi connectivity index (χ4n) is 1.58. The highest BCUT2D eigenvalue weighted by Gasteiger charge is 2.12. The minimum Gasteiger partial charge on any atom is -0.452 e. The first-order valence-corrected chi connectivity index (χ1v) is 7.21. The fourth-order valence-corrected chi connectivity index (χ4v) is 1.94. The van der Waals surface area contributed by atoms with Crippen molar-refractivity contribution in [3.63, 3.8) is 0 Å². The number of hydrogen-bond acceptors (Lipinski definition) is 3. The number of carbonyl (C=O) groups excluding carboxylic acids is 2. The van der Waals surface area contributed by atoms with Gasteiger partial charge in [0.1, 0.15) is 11.6 Å². The second kappa shape index (κ2) is 7.30. The largest absolute Gasteiger partial charge is 0.452 e. The highest BCUT2D eigenvalue weighted by molar-refractivity contribution is 14.1. The third-order valence-corrected chi connectivity index (χ3v) is 3.34. The van der Waals surface area contributed by atoms with Crippen LogP contribution in [-0.2, 0) is 9.53 Å². The highest BCUT2D eigenvalue weighted by Crippen LogP contribution is 2.14. The molecule has 0 radical (unpaired) electrons. The number of rotatable bonds is 4. The van der Waals surface area contributed by atoms with Crippen molar-refractivity contribution in [2.24, 2.45) is 0 Å². The number of ether oxygens (including phenoxy) is 1. The van der Waals surface area contributed by atoms with Crippen LogP contribution in [0.15, 0.2) is 42.5 Å². The molecular formula is C15H10F2INO3. The number of hydrogen-bond donors (Lipinski definition) is 1. The van der Waals surface area contributed by atoms with Gasteiger partial charge in [-0.05, 0) is 59.0 Å². The smallest absolute Gasteiger partial charge is 0.338 e. The fraction of sp³-hybridized carbons (Fsp3) is 0.0667. The molecule has 4 nitrogen and oxygen atoms in total. The Bertz CT molecular complexity index is 704. The third kappa shape index (κ3) is 4.48. The molecule has 0 heterocycles. The zero-order valence-corrected chi connectivity index (χ0v) is 13.3. The van der Waals surface area contributed by atoms with Gasteiger partial charge in [-0.1, -0.05) is 0 Å². The maximum Gasteiger partial charge on any atom is 0.338 e. The minimum absolute atomic E-state index is 0.184. The van der Waals surface area contributed by atoms with Crippen LogP contribution in [0.1, 0.15) is 10.4 Å². The molecule has 0 fully saturated rings. The molecule has 0 aliphatic carbocycles. The van der Waals surface area contributed by atoms with E-state index in [1.165, 1.54) is 0 Å². The average molecular weight is 417 g/mol.